The number of carbonyl (C=O) groups is 1. The van der Waals surface area contributed by atoms with Crippen LogP contribution in [0.25, 0.3) is 0 Å². The second-order valence-corrected chi connectivity index (χ2v) is 4.94. The van der Waals surface area contributed by atoms with E-state index in [0.29, 0.717) is 0 Å². The summed E-state index contributed by atoms with van der Waals surface area (Å²) in [6.07, 6.45) is 1.85. The van der Waals surface area contributed by atoms with Crippen LogP contribution in [-0.2, 0) is 20.1 Å². The number of nitrogens with zero attached hydrogens (tertiary/aromatic N) is 5. The molecule has 9 heteroatoms. The van der Waals surface area contributed by atoms with Gasteiger partial charge in [-0.1, -0.05) is 0 Å². The monoisotopic (exact) mass is 306 g/mol. The summed E-state index contributed by atoms with van der Waals surface area (Å²) < 4.78 is 3.00. The van der Waals surface area contributed by atoms with Gasteiger partial charge in [0.2, 0.25) is 5.69 Å². The minimum atomic E-state index is -0.586. The Kier molecular flexibility index (Phi) is 4.25. The molecule has 0 spiro atoms. The maximum absolute atomic E-state index is 12.3. The zero-order chi connectivity index (χ0) is 16.4. The first-order valence-electron chi connectivity index (χ1n) is 6.84. The van der Waals surface area contributed by atoms with Crippen LogP contribution in [-0.4, -0.2) is 30.4 Å². The highest BCUT2D eigenvalue weighted by Gasteiger charge is 2.29. The molecule has 0 aliphatic carbocycles. The Bertz CT molecular complexity index is 730. The van der Waals surface area contributed by atoms with Crippen LogP contribution < -0.4 is 5.32 Å². The van der Waals surface area contributed by atoms with Gasteiger partial charge in [0.1, 0.15) is 5.69 Å². The molecule has 22 heavy (non-hydrogen) atoms. The molecule has 1 N–H and O–H groups in total. The lowest BCUT2D eigenvalue weighted by Crippen LogP contribution is -2.26. The van der Waals surface area contributed by atoms with E-state index in [4.69, 9.17) is 0 Å². The Labute approximate surface area is 127 Å². The summed E-state index contributed by atoms with van der Waals surface area (Å²) in [7, 11) is 1.51. The van der Waals surface area contributed by atoms with Crippen molar-refractivity contribution in [1.82, 2.24) is 24.9 Å². The lowest BCUT2D eigenvalue weighted by molar-refractivity contribution is -0.385. The van der Waals surface area contributed by atoms with E-state index >= 15 is 0 Å². The van der Waals surface area contributed by atoms with E-state index in [-0.39, 0.29) is 23.6 Å². The van der Waals surface area contributed by atoms with E-state index < -0.39 is 10.8 Å². The number of aromatic nitrogens is 4. The van der Waals surface area contributed by atoms with E-state index in [1.165, 1.54) is 18.7 Å². The summed E-state index contributed by atoms with van der Waals surface area (Å²) in [5.74, 6) is -0.529. The van der Waals surface area contributed by atoms with Gasteiger partial charge in [-0.05, 0) is 20.8 Å². The van der Waals surface area contributed by atoms with Crippen LogP contribution >= 0.6 is 0 Å². The van der Waals surface area contributed by atoms with Gasteiger partial charge in [-0.25, -0.2) is 0 Å². The van der Waals surface area contributed by atoms with Gasteiger partial charge < -0.3 is 5.32 Å². The van der Waals surface area contributed by atoms with Crippen LogP contribution in [0.1, 0.15) is 34.4 Å². The molecule has 2 aromatic rings. The van der Waals surface area contributed by atoms with Crippen LogP contribution in [0.3, 0.4) is 0 Å². The Balaban J connectivity index is 2.19. The summed E-state index contributed by atoms with van der Waals surface area (Å²) in [6, 6.07) is 0. The number of nitro groups is 1. The molecule has 1 amide bonds. The van der Waals surface area contributed by atoms with Gasteiger partial charge in [-0.3, -0.25) is 24.3 Å². The van der Waals surface area contributed by atoms with Gasteiger partial charge in [-0.15, -0.1) is 0 Å². The molecule has 0 saturated heterocycles. The zero-order valence-electron chi connectivity index (χ0n) is 13.0. The molecule has 2 aromatic heterocycles. The molecule has 0 fully saturated rings. The third-order valence-corrected chi connectivity index (χ3v) is 3.40. The lowest BCUT2D eigenvalue weighted by atomic mass is 10.2. The molecule has 9 nitrogen and oxygen atoms in total. The highest BCUT2D eigenvalue weighted by molar-refractivity contribution is 5.96. The van der Waals surface area contributed by atoms with Crippen molar-refractivity contribution in [2.75, 3.05) is 0 Å². The van der Waals surface area contributed by atoms with Crippen LogP contribution in [0, 0.1) is 24.0 Å². The van der Waals surface area contributed by atoms with Gasteiger partial charge >= 0.3 is 5.69 Å². The van der Waals surface area contributed by atoms with E-state index in [9.17, 15) is 14.9 Å². The minimum Gasteiger partial charge on any atom is -0.346 e. The smallest absolute Gasteiger partial charge is 0.322 e. The molecule has 0 atom stereocenters. The predicted octanol–water partition coefficient (Wildman–Crippen LogP) is 1.09. The molecular weight excluding hydrogens is 288 g/mol. The van der Waals surface area contributed by atoms with Crippen molar-refractivity contribution in [1.29, 1.82) is 0 Å². The fraction of sp³-hybridized carbons (Fsp3) is 0.462. The molecule has 2 rings (SSSR count). The third kappa shape index (κ3) is 2.83. The van der Waals surface area contributed by atoms with Gasteiger partial charge in [0.15, 0.2) is 0 Å². The van der Waals surface area contributed by atoms with E-state index in [2.05, 4.69) is 15.5 Å². The number of hydrogen-bond donors (Lipinski definition) is 1. The first kappa shape index (κ1) is 15.7. The topological polar surface area (TPSA) is 108 Å². The van der Waals surface area contributed by atoms with Crippen molar-refractivity contribution in [2.24, 2.45) is 7.05 Å². The van der Waals surface area contributed by atoms with E-state index in [1.807, 2.05) is 20.0 Å². The molecule has 0 saturated carbocycles. The number of amides is 1. The van der Waals surface area contributed by atoms with Crippen molar-refractivity contribution in [3.63, 3.8) is 0 Å². The second kappa shape index (κ2) is 5.96. The van der Waals surface area contributed by atoms with Gasteiger partial charge in [-0.2, -0.15) is 10.2 Å². The lowest BCUT2D eigenvalue weighted by Gasteiger charge is -2.04. The quantitative estimate of drug-likeness (QED) is 0.657. The summed E-state index contributed by atoms with van der Waals surface area (Å²) >= 11 is 0. The van der Waals surface area contributed by atoms with Crippen molar-refractivity contribution < 1.29 is 9.72 Å². The van der Waals surface area contributed by atoms with Crippen LogP contribution in [0.2, 0.25) is 0 Å². The predicted molar refractivity (Wildman–Crippen MR) is 78.4 cm³/mol. The molecule has 0 radical (unpaired) electrons. The molecule has 118 valence electrons. The highest BCUT2D eigenvalue weighted by Crippen LogP contribution is 2.22. The third-order valence-electron chi connectivity index (χ3n) is 3.40. The molecule has 2 heterocycles. The normalized spacial score (nSPS) is 10.7. The first-order valence-corrected chi connectivity index (χ1v) is 6.84. The zero-order valence-corrected chi connectivity index (χ0v) is 13.0. The standard InChI is InChI=1S/C13H18N6O3/c1-5-18-7-10(8(2)16-18)6-14-13(20)12-11(19(21)22)9(3)15-17(12)4/h7H,5-6H2,1-4H3,(H,14,20). The van der Waals surface area contributed by atoms with Gasteiger partial charge in [0, 0.05) is 31.9 Å². The number of rotatable bonds is 5. The van der Waals surface area contributed by atoms with Crippen molar-refractivity contribution >= 4 is 11.6 Å². The second-order valence-electron chi connectivity index (χ2n) is 4.94. The Morgan fingerprint density at radius 2 is 2.05 bits per heavy atom. The van der Waals surface area contributed by atoms with Gasteiger partial charge in [0.05, 0.1) is 10.6 Å². The average molecular weight is 306 g/mol. The molecule has 0 unspecified atom stereocenters. The van der Waals surface area contributed by atoms with Crippen molar-refractivity contribution in [3.8, 4) is 0 Å². The minimum absolute atomic E-state index is 0.0527. The van der Waals surface area contributed by atoms with Crippen molar-refractivity contribution in [2.45, 2.75) is 33.9 Å². The molecule has 0 aliphatic rings. The summed E-state index contributed by atoms with van der Waals surface area (Å²) in [6.45, 7) is 6.32. The molecule has 0 aromatic carbocycles. The number of nitrogens with one attached hydrogen (secondary N) is 1. The van der Waals surface area contributed by atoms with Crippen LogP contribution in [0.4, 0.5) is 5.69 Å². The van der Waals surface area contributed by atoms with Crippen LogP contribution in [0.15, 0.2) is 6.20 Å². The summed E-state index contributed by atoms with van der Waals surface area (Å²) in [5, 5.41) is 22.0. The fourth-order valence-corrected chi connectivity index (χ4v) is 2.27. The fourth-order valence-electron chi connectivity index (χ4n) is 2.27. The molecule has 0 aliphatic heterocycles. The average Bonchev–Trinajstić information content (AvgIpc) is 2.95. The Hall–Kier alpha value is -2.71. The van der Waals surface area contributed by atoms with Crippen LogP contribution in [0.5, 0.6) is 0 Å². The number of carbonyl (C=O) groups excluding carboxylic acids is 1. The van der Waals surface area contributed by atoms with Crippen molar-refractivity contribution in [3.05, 3.63) is 39.0 Å². The largest absolute Gasteiger partial charge is 0.346 e. The maximum Gasteiger partial charge on any atom is 0.322 e. The van der Waals surface area contributed by atoms with E-state index in [1.54, 1.807) is 4.68 Å². The Morgan fingerprint density at radius 1 is 1.36 bits per heavy atom. The first-order chi connectivity index (χ1) is 10.3. The number of aryl methyl sites for hydroxylation is 4. The number of hydrogen-bond acceptors (Lipinski definition) is 5. The Morgan fingerprint density at radius 3 is 2.59 bits per heavy atom. The molecular formula is C13H18N6O3. The summed E-state index contributed by atoms with van der Waals surface area (Å²) in [4.78, 5) is 22.8. The maximum atomic E-state index is 12.3. The highest BCUT2D eigenvalue weighted by atomic mass is 16.6. The molecule has 0 bridgehead atoms. The van der Waals surface area contributed by atoms with Gasteiger partial charge in [0.25, 0.3) is 5.91 Å². The SMILES string of the molecule is CCn1cc(CNC(=O)c2c([N+](=O)[O-])c(C)nn2C)c(C)n1. The van der Waals surface area contributed by atoms with E-state index in [0.717, 1.165) is 17.8 Å². The summed E-state index contributed by atoms with van der Waals surface area (Å²) in [5.41, 5.74) is 1.59.